The first-order valence-corrected chi connectivity index (χ1v) is 9.20. The number of nitrogens with one attached hydrogen (secondary N) is 1. The van der Waals surface area contributed by atoms with Gasteiger partial charge in [0.25, 0.3) is 5.91 Å². The van der Waals surface area contributed by atoms with Crippen LogP contribution in [-0.2, 0) is 4.79 Å². The lowest BCUT2D eigenvalue weighted by Crippen LogP contribution is -2.31. The van der Waals surface area contributed by atoms with Crippen LogP contribution in [0.2, 0.25) is 5.02 Å². The van der Waals surface area contributed by atoms with E-state index in [9.17, 15) is 10.1 Å². The number of carbonyl (C=O) groups excluding carboxylic acids is 1. The van der Waals surface area contributed by atoms with Crippen molar-refractivity contribution in [3.63, 3.8) is 0 Å². The van der Waals surface area contributed by atoms with E-state index in [2.05, 4.69) is 16.4 Å². The maximum absolute atomic E-state index is 13.3. The Hall–Kier alpha value is -3.10. The summed E-state index contributed by atoms with van der Waals surface area (Å²) in [6, 6.07) is 16.7. The number of aliphatic imine (C=N–C) groups is 1. The molecule has 28 heavy (non-hydrogen) atoms. The zero-order valence-electron chi connectivity index (χ0n) is 15.9. The van der Waals surface area contributed by atoms with Gasteiger partial charge in [0, 0.05) is 27.9 Å². The molecule has 2 atom stereocenters. The highest BCUT2D eigenvalue weighted by molar-refractivity contribution is 6.31. The third kappa shape index (κ3) is 3.64. The van der Waals surface area contributed by atoms with E-state index in [1.165, 1.54) is 0 Å². The molecule has 0 saturated heterocycles. The first-order valence-electron chi connectivity index (χ1n) is 8.82. The number of benzene rings is 2. The number of rotatable bonds is 4. The smallest absolute Gasteiger partial charge is 0.254 e. The SMILES string of the molecule is COc1ccccc1NC(=O)C1=C(C)N=C(C)C(C#N)C1c1ccccc1Cl. The molecule has 0 bridgehead atoms. The van der Waals surface area contributed by atoms with Crippen LogP contribution in [0, 0.1) is 17.2 Å². The molecule has 0 aromatic heterocycles. The van der Waals surface area contributed by atoms with E-state index in [1.54, 1.807) is 39.2 Å². The Morgan fingerprint density at radius 2 is 1.86 bits per heavy atom. The van der Waals surface area contributed by atoms with Gasteiger partial charge in [-0.15, -0.1) is 0 Å². The summed E-state index contributed by atoms with van der Waals surface area (Å²) in [6.45, 7) is 3.58. The summed E-state index contributed by atoms with van der Waals surface area (Å²) in [6.07, 6.45) is 0. The molecule has 0 saturated carbocycles. The van der Waals surface area contributed by atoms with Crippen LogP contribution >= 0.6 is 11.6 Å². The number of methoxy groups -OCH3 is 1. The van der Waals surface area contributed by atoms with Gasteiger partial charge in [-0.2, -0.15) is 5.26 Å². The lowest BCUT2D eigenvalue weighted by molar-refractivity contribution is -0.113. The van der Waals surface area contributed by atoms with Crippen LogP contribution in [0.5, 0.6) is 5.75 Å². The van der Waals surface area contributed by atoms with Gasteiger partial charge in [0.1, 0.15) is 5.75 Å². The summed E-state index contributed by atoms with van der Waals surface area (Å²) in [5, 5.41) is 13.2. The first-order chi connectivity index (χ1) is 13.5. The molecule has 1 heterocycles. The van der Waals surface area contributed by atoms with Crippen molar-refractivity contribution in [2.24, 2.45) is 10.9 Å². The van der Waals surface area contributed by atoms with Gasteiger partial charge in [-0.1, -0.05) is 41.9 Å². The molecule has 3 rings (SSSR count). The van der Waals surface area contributed by atoms with Crippen molar-refractivity contribution in [1.82, 2.24) is 0 Å². The number of nitrogens with zero attached hydrogens (tertiary/aromatic N) is 2. The monoisotopic (exact) mass is 393 g/mol. The van der Waals surface area contributed by atoms with Gasteiger partial charge in [0.05, 0.1) is 24.8 Å². The van der Waals surface area contributed by atoms with Crippen molar-refractivity contribution >= 4 is 28.9 Å². The summed E-state index contributed by atoms with van der Waals surface area (Å²) in [5.41, 5.74) is 2.94. The van der Waals surface area contributed by atoms with Crippen LogP contribution < -0.4 is 10.1 Å². The lowest BCUT2D eigenvalue weighted by atomic mass is 9.76. The minimum atomic E-state index is -0.581. The highest BCUT2D eigenvalue weighted by Crippen LogP contribution is 2.41. The number of anilines is 1. The van der Waals surface area contributed by atoms with Gasteiger partial charge in [-0.3, -0.25) is 9.79 Å². The van der Waals surface area contributed by atoms with E-state index in [1.807, 2.05) is 30.3 Å². The number of allylic oxidation sites excluding steroid dienone is 1. The summed E-state index contributed by atoms with van der Waals surface area (Å²) in [7, 11) is 1.54. The van der Waals surface area contributed by atoms with Gasteiger partial charge in [-0.25, -0.2) is 0 Å². The summed E-state index contributed by atoms with van der Waals surface area (Å²) < 4.78 is 5.32. The Bertz CT molecular complexity index is 1020. The summed E-state index contributed by atoms with van der Waals surface area (Å²) >= 11 is 6.43. The fourth-order valence-corrected chi connectivity index (χ4v) is 3.75. The average Bonchev–Trinajstić information content (AvgIpc) is 2.68. The van der Waals surface area contributed by atoms with Crippen LogP contribution in [-0.4, -0.2) is 18.7 Å². The van der Waals surface area contributed by atoms with Crippen LogP contribution in [0.3, 0.4) is 0 Å². The molecular weight excluding hydrogens is 374 g/mol. The number of carbonyl (C=O) groups is 1. The Labute approximate surface area is 169 Å². The maximum atomic E-state index is 13.3. The van der Waals surface area contributed by atoms with Crippen LogP contribution in [0.4, 0.5) is 5.69 Å². The second kappa shape index (κ2) is 8.28. The van der Waals surface area contributed by atoms with Crippen LogP contribution in [0.15, 0.2) is 64.8 Å². The van der Waals surface area contributed by atoms with E-state index in [-0.39, 0.29) is 5.91 Å². The predicted molar refractivity (Wildman–Crippen MR) is 111 cm³/mol. The second-order valence-corrected chi connectivity index (χ2v) is 6.92. The molecule has 0 aliphatic carbocycles. The average molecular weight is 394 g/mol. The number of hydrogen-bond acceptors (Lipinski definition) is 4. The van der Waals surface area contributed by atoms with E-state index >= 15 is 0 Å². The van der Waals surface area contributed by atoms with E-state index < -0.39 is 11.8 Å². The molecule has 0 fully saturated rings. The van der Waals surface area contributed by atoms with Gasteiger partial charge in [-0.05, 0) is 37.6 Å². The normalized spacial score (nSPS) is 18.9. The maximum Gasteiger partial charge on any atom is 0.254 e. The third-order valence-corrected chi connectivity index (χ3v) is 5.15. The molecule has 0 spiro atoms. The molecule has 1 aliphatic heterocycles. The molecule has 2 unspecified atom stereocenters. The zero-order chi connectivity index (χ0) is 20.3. The van der Waals surface area contributed by atoms with Crippen LogP contribution in [0.1, 0.15) is 25.3 Å². The molecule has 1 amide bonds. The standard InChI is InChI=1S/C22H20ClN3O2/c1-13-16(12-24)21(15-8-4-5-9-17(15)23)20(14(2)25-13)22(27)26-18-10-6-7-11-19(18)28-3/h4-11,16,21H,1-3H3,(H,26,27). The minimum absolute atomic E-state index is 0.330. The fraction of sp³-hybridized carbons (Fsp3) is 0.227. The van der Waals surface area contributed by atoms with Crippen molar-refractivity contribution in [3.05, 3.63) is 70.4 Å². The van der Waals surface area contributed by atoms with Crippen molar-refractivity contribution in [3.8, 4) is 11.8 Å². The largest absolute Gasteiger partial charge is 0.495 e. The Morgan fingerprint density at radius 1 is 1.18 bits per heavy atom. The van der Waals surface area contributed by atoms with Crippen molar-refractivity contribution in [1.29, 1.82) is 5.26 Å². The molecule has 0 radical (unpaired) electrons. The van der Waals surface area contributed by atoms with Gasteiger partial charge in [0.2, 0.25) is 0 Å². The number of amides is 1. The van der Waals surface area contributed by atoms with Crippen molar-refractivity contribution in [2.75, 3.05) is 12.4 Å². The van der Waals surface area contributed by atoms with Gasteiger partial charge in [0.15, 0.2) is 0 Å². The topological polar surface area (TPSA) is 74.5 Å². The number of hydrogen-bond donors (Lipinski definition) is 1. The number of ether oxygens (including phenoxy) is 1. The fourth-order valence-electron chi connectivity index (χ4n) is 3.50. The van der Waals surface area contributed by atoms with Gasteiger partial charge >= 0.3 is 0 Å². The molecule has 2 aromatic rings. The van der Waals surface area contributed by atoms with E-state index in [0.717, 1.165) is 5.56 Å². The van der Waals surface area contributed by atoms with Crippen molar-refractivity contribution < 1.29 is 9.53 Å². The molecule has 1 N–H and O–H groups in total. The molecule has 2 aromatic carbocycles. The molecule has 6 heteroatoms. The highest BCUT2D eigenvalue weighted by atomic mass is 35.5. The summed E-state index contributed by atoms with van der Waals surface area (Å²) in [4.78, 5) is 17.7. The third-order valence-electron chi connectivity index (χ3n) is 4.81. The molecular formula is C22H20ClN3O2. The van der Waals surface area contributed by atoms with Gasteiger partial charge < -0.3 is 10.1 Å². The number of nitriles is 1. The Balaban J connectivity index is 2.09. The Morgan fingerprint density at radius 3 is 2.54 bits per heavy atom. The minimum Gasteiger partial charge on any atom is -0.495 e. The molecule has 142 valence electrons. The van der Waals surface area contributed by atoms with E-state index in [0.29, 0.717) is 33.4 Å². The first kappa shape index (κ1) is 19.7. The van der Waals surface area contributed by atoms with Crippen molar-refractivity contribution in [2.45, 2.75) is 19.8 Å². The highest BCUT2D eigenvalue weighted by Gasteiger charge is 2.38. The number of halogens is 1. The summed E-state index contributed by atoms with van der Waals surface area (Å²) in [5.74, 6) is -0.868. The molecule has 5 nitrogen and oxygen atoms in total. The second-order valence-electron chi connectivity index (χ2n) is 6.51. The number of para-hydroxylation sites is 2. The van der Waals surface area contributed by atoms with Crippen LogP contribution in [0.25, 0.3) is 0 Å². The Kier molecular flexibility index (Phi) is 5.81. The quantitative estimate of drug-likeness (QED) is 0.797. The zero-order valence-corrected chi connectivity index (χ0v) is 16.6. The molecule has 1 aliphatic rings. The lowest BCUT2D eigenvalue weighted by Gasteiger charge is -2.30. The van der Waals surface area contributed by atoms with E-state index in [4.69, 9.17) is 16.3 Å². The predicted octanol–water partition coefficient (Wildman–Crippen LogP) is 4.96.